The summed E-state index contributed by atoms with van der Waals surface area (Å²) >= 11 is 0. The Kier molecular flexibility index (Phi) is 2.96. The molecule has 98 valence electrons. The van der Waals surface area contributed by atoms with Gasteiger partial charge in [-0.25, -0.2) is 4.79 Å². The predicted octanol–water partition coefficient (Wildman–Crippen LogP) is -0.985. The summed E-state index contributed by atoms with van der Waals surface area (Å²) < 4.78 is 2.35. The van der Waals surface area contributed by atoms with Crippen molar-refractivity contribution in [3.63, 3.8) is 0 Å². The summed E-state index contributed by atoms with van der Waals surface area (Å²) in [6.45, 7) is 1.26. The number of amides is 1. The molecule has 0 radical (unpaired) electrons. The minimum absolute atomic E-state index is 0.0153. The number of anilines is 1. The van der Waals surface area contributed by atoms with Crippen molar-refractivity contribution in [1.29, 1.82) is 0 Å². The molecule has 8 nitrogen and oxygen atoms in total. The number of carbonyl (C=O) groups is 1. The van der Waals surface area contributed by atoms with E-state index in [1.807, 2.05) is 0 Å². The number of rotatable bonds is 2. The molecule has 0 spiro atoms. The molecule has 0 unspecified atom stereocenters. The summed E-state index contributed by atoms with van der Waals surface area (Å²) in [4.78, 5) is 41.2. The number of nitrogens with one attached hydrogen (secondary N) is 2. The first-order valence-electron chi connectivity index (χ1n) is 5.36. The van der Waals surface area contributed by atoms with Crippen LogP contribution >= 0.6 is 0 Å². The highest BCUT2D eigenvalue weighted by atomic mass is 16.2. The number of fused-ring (bicyclic) bond motifs is 1. The van der Waals surface area contributed by atoms with Gasteiger partial charge in [-0.2, -0.15) is 4.98 Å². The Morgan fingerprint density at radius 2 is 2.21 bits per heavy atom. The summed E-state index contributed by atoms with van der Waals surface area (Å²) in [5.41, 5.74) is -0.736. The zero-order valence-electron chi connectivity index (χ0n) is 10.4. The number of terminal acetylenes is 1. The highest BCUT2D eigenvalue weighted by Gasteiger charge is 2.16. The Morgan fingerprint density at radius 3 is 2.79 bits per heavy atom. The third kappa shape index (κ3) is 2.01. The fourth-order valence-electron chi connectivity index (χ4n) is 1.76. The Labute approximate surface area is 107 Å². The van der Waals surface area contributed by atoms with Crippen LogP contribution in [0.15, 0.2) is 9.59 Å². The fraction of sp³-hybridized carbons (Fsp3) is 0.273. The van der Waals surface area contributed by atoms with Crippen LogP contribution in [0.3, 0.4) is 0 Å². The van der Waals surface area contributed by atoms with Crippen molar-refractivity contribution in [2.45, 2.75) is 13.5 Å². The number of aromatic nitrogens is 4. The molecule has 0 atom stereocenters. The fourth-order valence-corrected chi connectivity index (χ4v) is 1.76. The Bertz CT molecular complexity index is 818. The van der Waals surface area contributed by atoms with Crippen LogP contribution in [0.4, 0.5) is 5.95 Å². The van der Waals surface area contributed by atoms with E-state index in [2.05, 4.69) is 21.2 Å². The van der Waals surface area contributed by atoms with Crippen molar-refractivity contribution in [3.8, 4) is 12.3 Å². The van der Waals surface area contributed by atoms with Gasteiger partial charge in [-0.05, 0) is 0 Å². The second-order valence-electron chi connectivity index (χ2n) is 3.90. The maximum absolute atomic E-state index is 12.0. The van der Waals surface area contributed by atoms with Crippen LogP contribution in [0.5, 0.6) is 0 Å². The summed E-state index contributed by atoms with van der Waals surface area (Å²) in [5.74, 6) is 1.91. The van der Waals surface area contributed by atoms with E-state index >= 15 is 0 Å². The van der Waals surface area contributed by atoms with E-state index in [4.69, 9.17) is 6.42 Å². The molecular weight excluding hydrogens is 250 g/mol. The van der Waals surface area contributed by atoms with E-state index in [-0.39, 0.29) is 29.6 Å². The van der Waals surface area contributed by atoms with Crippen molar-refractivity contribution >= 4 is 23.0 Å². The molecule has 19 heavy (non-hydrogen) atoms. The standard InChI is InChI=1S/C11H11N5O3/c1-4-5-16-7-8(15(3)11(16)19)13-10(12-6(2)17)14-9(7)18/h1H,5H2,2-3H3,(H2,12,13,14,17,18). The van der Waals surface area contributed by atoms with Gasteiger partial charge in [-0.15, -0.1) is 6.42 Å². The number of aromatic amines is 1. The molecule has 0 bridgehead atoms. The van der Waals surface area contributed by atoms with Crippen molar-refractivity contribution in [3.05, 3.63) is 20.8 Å². The molecule has 0 fully saturated rings. The zero-order chi connectivity index (χ0) is 14.2. The van der Waals surface area contributed by atoms with E-state index in [0.29, 0.717) is 0 Å². The number of H-pyrrole nitrogens is 1. The van der Waals surface area contributed by atoms with Gasteiger partial charge in [0, 0.05) is 14.0 Å². The second kappa shape index (κ2) is 4.45. The molecule has 0 aliphatic rings. The average Bonchev–Trinajstić information content (AvgIpc) is 2.55. The summed E-state index contributed by atoms with van der Waals surface area (Å²) in [6.07, 6.45) is 5.17. The lowest BCUT2D eigenvalue weighted by molar-refractivity contribution is -0.114. The van der Waals surface area contributed by atoms with Crippen LogP contribution in [0.25, 0.3) is 11.2 Å². The molecule has 2 aromatic rings. The lowest BCUT2D eigenvalue weighted by Crippen LogP contribution is -2.23. The smallest absolute Gasteiger partial charge is 0.296 e. The summed E-state index contributed by atoms with van der Waals surface area (Å²) in [7, 11) is 1.47. The largest absolute Gasteiger partial charge is 0.331 e. The maximum atomic E-state index is 12.0. The third-order valence-corrected chi connectivity index (χ3v) is 2.53. The average molecular weight is 261 g/mol. The normalized spacial score (nSPS) is 10.4. The quantitative estimate of drug-likeness (QED) is 0.678. The van der Waals surface area contributed by atoms with E-state index in [9.17, 15) is 14.4 Å². The number of imidazole rings is 1. The Hall–Kier alpha value is -2.82. The topological polar surface area (TPSA) is 102 Å². The number of nitrogens with zero attached hydrogens (tertiary/aromatic N) is 3. The molecular formula is C11H11N5O3. The van der Waals surface area contributed by atoms with Crippen molar-refractivity contribution in [2.24, 2.45) is 7.05 Å². The van der Waals surface area contributed by atoms with Crippen molar-refractivity contribution in [2.75, 3.05) is 5.32 Å². The first-order chi connectivity index (χ1) is 8.95. The summed E-state index contributed by atoms with van der Waals surface area (Å²) in [6, 6.07) is 0. The molecule has 0 aliphatic heterocycles. The molecule has 1 amide bonds. The maximum Gasteiger partial charge on any atom is 0.331 e. The van der Waals surface area contributed by atoms with Crippen LogP contribution < -0.4 is 16.6 Å². The predicted molar refractivity (Wildman–Crippen MR) is 68.7 cm³/mol. The van der Waals surface area contributed by atoms with Gasteiger partial charge in [0.15, 0.2) is 11.2 Å². The monoisotopic (exact) mass is 261 g/mol. The SMILES string of the molecule is C#CCn1c(=O)n(C)c2nc(NC(C)=O)[nH]c(=O)c21. The zero-order valence-corrected chi connectivity index (χ0v) is 10.4. The number of carbonyl (C=O) groups excluding carboxylic acids is 1. The van der Waals surface area contributed by atoms with Crippen LogP contribution in [-0.2, 0) is 18.4 Å². The lowest BCUT2D eigenvalue weighted by Gasteiger charge is -2.01. The minimum atomic E-state index is -0.540. The molecule has 2 heterocycles. The first-order valence-corrected chi connectivity index (χ1v) is 5.36. The first kappa shape index (κ1) is 12.6. The number of hydrogen-bond acceptors (Lipinski definition) is 4. The minimum Gasteiger partial charge on any atom is -0.296 e. The highest BCUT2D eigenvalue weighted by Crippen LogP contribution is 2.06. The lowest BCUT2D eigenvalue weighted by atomic mass is 10.5. The van der Waals surface area contributed by atoms with E-state index in [0.717, 1.165) is 4.57 Å². The number of hydrogen-bond donors (Lipinski definition) is 2. The molecule has 2 aromatic heterocycles. The van der Waals surface area contributed by atoms with Gasteiger partial charge < -0.3 is 0 Å². The van der Waals surface area contributed by atoms with Crippen LogP contribution in [0.1, 0.15) is 6.92 Å². The van der Waals surface area contributed by atoms with Crippen molar-refractivity contribution in [1.82, 2.24) is 19.1 Å². The van der Waals surface area contributed by atoms with Gasteiger partial charge in [-0.1, -0.05) is 5.92 Å². The Balaban J connectivity index is 2.81. The van der Waals surface area contributed by atoms with Gasteiger partial charge in [0.25, 0.3) is 5.56 Å². The van der Waals surface area contributed by atoms with E-state index in [1.54, 1.807) is 0 Å². The van der Waals surface area contributed by atoms with Gasteiger partial charge in [-0.3, -0.25) is 29.0 Å². The Morgan fingerprint density at radius 1 is 1.53 bits per heavy atom. The van der Waals surface area contributed by atoms with Crippen LogP contribution in [-0.4, -0.2) is 25.0 Å². The van der Waals surface area contributed by atoms with Crippen LogP contribution in [0, 0.1) is 12.3 Å². The van der Waals surface area contributed by atoms with E-state index < -0.39 is 11.2 Å². The van der Waals surface area contributed by atoms with E-state index in [1.165, 1.54) is 18.5 Å². The molecule has 0 aliphatic carbocycles. The molecule has 2 rings (SSSR count). The van der Waals surface area contributed by atoms with Gasteiger partial charge in [0.05, 0.1) is 6.54 Å². The second-order valence-corrected chi connectivity index (χ2v) is 3.90. The van der Waals surface area contributed by atoms with Crippen LogP contribution in [0.2, 0.25) is 0 Å². The van der Waals surface area contributed by atoms with Gasteiger partial charge in [0.1, 0.15) is 0 Å². The molecule has 2 N–H and O–H groups in total. The highest BCUT2D eigenvalue weighted by molar-refractivity contribution is 5.87. The third-order valence-electron chi connectivity index (χ3n) is 2.53. The molecule has 0 saturated heterocycles. The van der Waals surface area contributed by atoms with Gasteiger partial charge in [0.2, 0.25) is 11.9 Å². The summed E-state index contributed by atoms with van der Waals surface area (Å²) in [5, 5.41) is 2.36. The molecule has 8 heteroatoms. The molecule has 0 saturated carbocycles. The van der Waals surface area contributed by atoms with Gasteiger partial charge >= 0.3 is 5.69 Å². The molecule has 0 aromatic carbocycles. The van der Waals surface area contributed by atoms with Crippen molar-refractivity contribution < 1.29 is 4.79 Å². The number of aryl methyl sites for hydroxylation is 1.